The van der Waals surface area contributed by atoms with Crippen molar-refractivity contribution in [3.63, 3.8) is 0 Å². The minimum absolute atomic E-state index is 0.158. The van der Waals surface area contributed by atoms with E-state index in [1.807, 2.05) is 61.5 Å². The zero-order valence-electron chi connectivity index (χ0n) is 20.3. The number of benzene rings is 3. The maximum atomic E-state index is 12.8. The number of ether oxygens (including phenoxy) is 1. The number of fused-ring (bicyclic) bond motifs is 1. The van der Waals surface area contributed by atoms with E-state index in [1.54, 1.807) is 18.6 Å². The molecule has 0 radical (unpaired) electrons. The quantitative estimate of drug-likeness (QED) is 0.199. The lowest BCUT2D eigenvalue weighted by molar-refractivity contribution is 0.0954. The average Bonchev–Trinajstić information content (AvgIpc) is 3.57. The number of rotatable bonds is 10. The fourth-order valence-electron chi connectivity index (χ4n) is 4.04. The van der Waals surface area contributed by atoms with Gasteiger partial charge in [0.05, 0.1) is 23.0 Å². The van der Waals surface area contributed by atoms with Crippen LogP contribution in [0.3, 0.4) is 0 Å². The van der Waals surface area contributed by atoms with Gasteiger partial charge in [-0.2, -0.15) is 0 Å². The van der Waals surface area contributed by atoms with E-state index in [0.717, 1.165) is 33.7 Å². The zero-order valence-corrected chi connectivity index (χ0v) is 21.1. The predicted octanol–water partition coefficient (Wildman–Crippen LogP) is 5.41. The number of aryl methyl sites for hydroxylation is 1. The molecule has 2 aromatic heterocycles. The Hall–Kier alpha value is -4.30. The number of H-pyrrole nitrogens is 2. The largest absolute Gasteiger partial charge is 0.484 e. The summed E-state index contributed by atoms with van der Waals surface area (Å²) in [7, 11) is 0. The van der Waals surface area contributed by atoms with Crippen molar-refractivity contribution in [2.75, 3.05) is 11.9 Å². The number of aromatic nitrogens is 4. The minimum Gasteiger partial charge on any atom is -0.484 e. The van der Waals surface area contributed by atoms with Crippen LogP contribution in [0.5, 0.6) is 5.75 Å². The summed E-state index contributed by atoms with van der Waals surface area (Å²) in [5.74, 6) is 1.19. The van der Waals surface area contributed by atoms with Crippen LogP contribution in [0.15, 0.2) is 73.2 Å². The fraction of sp³-hybridized carbons (Fsp3) is 0.179. The standard InChI is InChI=1S/C28H27ClN6O2/c1-18-12-21(29)8-6-20(18)14-32-25-13-19(28(36)31-11-10-22-15-30-17-33-22)7-9-26(25)37-16-27-34-23-4-2-3-5-24(23)35-27/h2-9,12-13,15,17,32H,10-11,14,16H2,1H3,(H,30,33)(H,31,36)(H,34,35). The smallest absolute Gasteiger partial charge is 0.251 e. The third kappa shape index (κ3) is 6.10. The third-order valence-electron chi connectivity index (χ3n) is 6.05. The number of halogens is 1. The molecular weight excluding hydrogens is 488 g/mol. The van der Waals surface area contributed by atoms with Crippen LogP contribution in [0.4, 0.5) is 5.69 Å². The number of amides is 1. The number of para-hydroxylation sites is 2. The molecule has 8 nitrogen and oxygen atoms in total. The lowest BCUT2D eigenvalue weighted by atomic mass is 10.1. The molecule has 0 atom stereocenters. The molecule has 1 amide bonds. The normalized spacial score (nSPS) is 11.0. The number of hydrogen-bond donors (Lipinski definition) is 4. The highest BCUT2D eigenvalue weighted by Gasteiger charge is 2.13. The van der Waals surface area contributed by atoms with E-state index in [1.165, 1.54) is 0 Å². The SMILES string of the molecule is Cc1cc(Cl)ccc1CNc1cc(C(=O)NCCc2cnc[nH]2)ccc1OCc1nc2ccccc2[nH]1. The second-order valence-corrected chi connectivity index (χ2v) is 9.14. The van der Waals surface area contributed by atoms with Gasteiger partial charge in [-0.3, -0.25) is 4.79 Å². The molecule has 0 aliphatic carbocycles. The molecule has 0 aliphatic rings. The number of hydrogen-bond acceptors (Lipinski definition) is 5. The first-order valence-electron chi connectivity index (χ1n) is 12.0. The van der Waals surface area contributed by atoms with Crippen LogP contribution in [0.25, 0.3) is 11.0 Å². The van der Waals surface area contributed by atoms with Crippen molar-refractivity contribution >= 4 is 34.2 Å². The average molecular weight is 515 g/mol. The van der Waals surface area contributed by atoms with Crippen molar-refractivity contribution in [1.82, 2.24) is 25.3 Å². The highest BCUT2D eigenvalue weighted by molar-refractivity contribution is 6.30. The van der Waals surface area contributed by atoms with E-state index in [9.17, 15) is 4.79 Å². The molecule has 3 aromatic carbocycles. The maximum Gasteiger partial charge on any atom is 0.251 e. The Kier molecular flexibility index (Phi) is 7.37. The highest BCUT2D eigenvalue weighted by atomic mass is 35.5. The summed E-state index contributed by atoms with van der Waals surface area (Å²) in [6, 6.07) is 19.0. The molecule has 0 bridgehead atoms. The van der Waals surface area contributed by atoms with Gasteiger partial charge >= 0.3 is 0 Å². The molecule has 0 spiro atoms. The second kappa shape index (κ2) is 11.2. The molecule has 0 saturated heterocycles. The van der Waals surface area contributed by atoms with Crippen LogP contribution in [-0.4, -0.2) is 32.4 Å². The summed E-state index contributed by atoms with van der Waals surface area (Å²) >= 11 is 6.12. The Morgan fingerprint density at radius 2 is 2.00 bits per heavy atom. The number of carbonyl (C=O) groups excluding carboxylic acids is 1. The van der Waals surface area contributed by atoms with E-state index in [4.69, 9.17) is 16.3 Å². The molecular formula is C28H27ClN6O2. The van der Waals surface area contributed by atoms with Gasteiger partial charge < -0.3 is 25.3 Å². The summed E-state index contributed by atoms with van der Waals surface area (Å²) in [6.45, 7) is 3.33. The van der Waals surface area contributed by atoms with Gasteiger partial charge in [0.15, 0.2) is 0 Å². The minimum atomic E-state index is -0.158. The van der Waals surface area contributed by atoms with E-state index in [0.29, 0.717) is 41.5 Å². The van der Waals surface area contributed by atoms with Crippen LogP contribution in [0.2, 0.25) is 5.02 Å². The third-order valence-corrected chi connectivity index (χ3v) is 6.29. The van der Waals surface area contributed by atoms with E-state index < -0.39 is 0 Å². The van der Waals surface area contributed by atoms with Crippen molar-refractivity contribution in [1.29, 1.82) is 0 Å². The van der Waals surface area contributed by atoms with Crippen molar-refractivity contribution in [3.05, 3.63) is 106 Å². The zero-order chi connectivity index (χ0) is 25.6. The van der Waals surface area contributed by atoms with Crippen LogP contribution >= 0.6 is 11.6 Å². The Bertz CT molecular complexity index is 1480. The number of imidazole rings is 2. The summed E-state index contributed by atoms with van der Waals surface area (Å²) < 4.78 is 6.14. The lowest BCUT2D eigenvalue weighted by Crippen LogP contribution is -2.25. The van der Waals surface area contributed by atoms with Crippen molar-refractivity contribution in [3.8, 4) is 5.75 Å². The molecule has 9 heteroatoms. The molecule has 5 rings (SSSR count). The molecule has 0 fully saturated rings. The van der Waals surface area contributed by atoms with Gasteiger partial charge in [0.1, 0.15) is 18.2 Å². The van der Waals surface area contributed by atoms with Crippen molar-refractivity contribution in [2.45, 2.75) is 26.5 Å². The maximum absolute atomic E-state index is 12.8. The summed E-state index contributed by atoms with van der Waals surface area (Å²) in [4.78, 5) is 27.8. The first-order chi connectivity index (χ1) is 18.0. The molecule has 188 valence electrons. The molecule has 5 aromatic rings. The summed E-state index contributed by atoms with van der Waals surface area (Å²) in [5, 5.41) is 7.09. The lowest BCUT2D eigenvalue weighted by Gasteiger charge is -2.15. The Morgan fingerprint density at radius 3 is 2.81 bits per heavy atom. The number of carbonyl (C=O) groups is 1. The number of aromatic amines is 2. The van der Waals surface area contributed by atoms with Crippen molar-refractivity contribution < 1.29 is 9.53 Å². The summed E-state index contributed by atoms with van der Waals surface area (Å²) in [6.07, 6.45) is 4.05. The molecule has 37 heavy (non-hydrogen) atoms. The van der Waals surface area contributed by atoms with E-state index >= 15 is 0 Å². The Morgan fingerprint density at radius 1 is 1.11 bits per heavy atom. The van der Waals surface area contributed by atoms with Gasteiger partial charge in [-0.1, -0.05) is 29.8 Å². The highest BCUT2D eigenvalue weighted by Crippen LogP contribution is 2.28. The topological polar surface area (TPSA) is 108 Å². The molecule has 0 saturated carbocycles. The fourth-order valence-corrected chi connectivity index (χ4v) is 4.26. The Balaban J connectivity index is 1.32. The van der Waals surface area contributed by atoms with Gasteiger partial charge in [-0.15, -0.1) is 0 Å². The van der Waals surface area contributed by atoms with Gasteiger partial charge in [-0.05, 0) is 60.5 Å². The first-order valence-corrected chi connectivity index (χ1v) is 12.4. The molecule has 2 heterocycles. The Labute approximate surface area is 219 Å². The van der Waals surface area contributed by atoms with Gasteiger partial charge in [0, 0.05) is 42.0 Å². The van der Waals surface area contributed by atoms with Crippen molar-refractivity contribution in [2.24, 2.45) is 0 Å². The number of nitrogens with zero attached hydrogens (tertiary/aromatic N) is 2. The van der Waals surface area contributed by atoms with Crippen LogP contribution < -0.4 is 15.4 Å². The van der Waals surface area contributed by atoms with E-state index in [2.05, 4.69) is 30.6 Å². The molecule has 0 unspecified atom stereocenters. The van der Waals surface area contributed by atoms with Crippen LogP contribution in [-0.2, 0) is 19.6 Å². The van der Waals surface area contributed by atoms with Gasteiger partial charge in [0.2, 0.25) is 0 Å². The second-order valence-electron chi connectivity index (χ2n) is 8.71. The monoisotopic (exact) mass is 514 g/mol. The molecule has 0 aliphatic heterocycles. The molecule has 4 N–H and O–H groups in total. The first kappa shape index (κ1) is 24.4. The van der Waals surface area contributed by atoms with Crippen LogP contribution in [0.1, 0.15) is 33.0 Å². The summed E-state index contributed by atoms with van der Waals surface area (Å²) in [5.41, 5.74) is 6.25. The predicted molar refractivity (Wildman–Crippen MR) is 145 cm³/mol. The van der Waals surface area contributed by atoms with E-state index in [-0.39, 0.29) is 12.5 Å². The number of nitrogens with one attached hydrogen (secondary N) is 4. The van der Waals surface area contributed by atoms with Crippen LogP contribution in [0, 0.1) is 6.92 Å². The van der Waals surface area contributed by atoms with Gasteiger partial charge in [0.25, 0.3) is 5.91 Å². The number of anilines is 1. The van der Waals surface area contributed by atoms with Gasteiger partial charge in [-0.25, -0.2) is 9.97 Å².